The first-order valence-electron chi connectivity index (χ1n) is 9.25. The summed E-state index contributed by atoms with van der Waals surface area (Å²) in [7, 11) is 0. The maximum Gasteiger partial charge on any atom is 0.229 e. The van der Waals surface area contributed by atoms with Crippen LogP contribution in [0.15, 0.2) is 12.1 Å². The molecule has 0 bridgehead atoms. The number of nitrogens with one attached hydrogen (secondary N) is 1. The lowest BCUT2D eigenvalue weighted by molar-refractivity contribution is -0.121. The zero-order valence-electron chi connectivity index (χ0n) is 15.0. The molecule has 0 atom stereocenters. The molecular weight excluding hydrogens is 316 g/mol. The number of aryl methyl sites for hydroxylation is 2. The van der Waals surface area contributed by atoms with E-state index in [1.54, 1.807) is 11.3 Å². The first kappa shape index (κ1) is 17.4. The van der Waals surface area contributed by atoms with E-state index < -0.39 is 0 Å². The number of hydrogen-bond acceptors (Lipinski definition) is 3. The van der Waals surface area contributed by atoms with E-state index in [1.165, 1.54) is 43.2 Å². The Morgan fingerprint density at radius 2 is 1.92 bits per heavy atom. The van der Waals surface area contributed by atoms with E-state index in [0.717, 1.165) is 34.1 Å². The Bertz CT molecular complexity index is 675. The van der Waals surface area contributed by atoms with Crippen molar-refractivity contribution in [2.75, 3.05) is 5.32 Å². The summed E-state index contributed by atoms with van der Waals surface area (Å²) in [4.78, 5) is 17.1. The van der Waals surface area contributed by atoms with Crippen LogP contribution in [0.2, 0.25) is 0 Å². The van der Waals surface area contributed by atoms with E-state index in [4.69, 9.17) is 0 Å². The van der Waals surface area contributed by atoms with Gasteiger partial charge in [0.05, 0.1) is 10.2 Å². The van der Waals surface area contributed by atoms with Gasteiger partial charge in [-0.1, -0.05) is 37.5 Å². The van der Waals surface area contributed by atoms with Crippen molar-refractivity contribution in [3.8, 4) is 0 Å². The predicted octanol–water partition coefficient (Wildman–Crippen LogP) is 5.85. The van der Waals surface area contributed by atoms with Crippen molar-refractivity contribution < 1.29 is 4.79 Å². The van der Waals surface area contributed by atoms with E-state index >= 15 is 0 Å². The van der Waals surface area contributed by atoms with Crippen molar-refractivity contribution in [1.82, 2.24) is 4.98 Å². The number of amides is 1. The van der Waals surface area contributed by atoms with E-state index in [0.29, 0.717) is 0 Å². The van der Waals surface area contributed by atoms with Gasteiger partial charge in [0.1, 0.15) is 0 Å². The fraction of sp³-hybridized carbons (Fsp3) is 0.600. The molecule has 0 unspecified atom stereocenters. The molecule has 1 amide bonds. The summed E-state index contributed by atoms with van der Waals surface area (Å²) in [6, 6.07) is 4.27. The highest BCUT2D eigenvalue weighted by atomic mass is 32.1. The van der Waals surface area contributed by atoms with E-state index in [9.17, 15) is 4.79 Å². The number of benzene rings is 1. The second-order valence-electron chi connectivity index (χ2n) is 7.27. The summed E-state index contributed by atoms with van der Waals surface area (Å²) in [6.45, 7) is 6.47. The number of fused-ring (bicyclic) bond motifs is 1. The largest absolute Gasteiger partial charge is 0.302 e. The Morgan fingerprint density at radius 3 is 2.62 bits per heavy atom. The molecule has 1 heterocycles. The van der Waals surface area contributed by atoms with Gasteiger partial charge >= 0.3 is 0 Å². The number of anilines is 1. The van der Waals surface area contributed by atoms with Crippen LogP contribution in [0.5, 0.6) is 0 Å². The van der Waals surface area contributed by atoms with E-state index in [-0.39, 0.29) is 11.8 Å². The van der Waals surface area contributed by atoms with E-state index in [1.807, 2.05) is 0 Å². The lowest BCUT2D eigenvalue weighted by atomic mass is 9.79. The van der Waals surface area contributed by atoms with Gasteiger partial charge in [0.2, 0.25) is 5.91 Å². The Balaban J connectivity index is 1.59. The van der Waals surface area contributed by atoms with Crippen molar-refractivity contribution in [2.45, 2.75) is 65.7 Å². The quantitative estimate of drug-likeness (QED) is 0.739. The third-order valence-electron chi connectivity index (χ3n) is 5.42. The summed E-state index contributed by atoms with van der Waals surface area (Å²) < 4.78 is 1.15. The fourth-order valence-corrected chi connectivity index (χ4v) is 4.60. The molecule has 0 saturated heterocycles. The highest BCUT2D eigenvalue weighted by molar-refractivity contribution is 7.22. The molecular formula is C20H28N2OS. The smallest absolute Gasteiger partial charge is 0.229 e. The monoisotopic (exact) mass is 344 g/mol. The lowest BCUT2D eigenvalue weighted by Crippen LogP contribution is -2.27. The molecule has 130 valence electrons. The maximum atomic E-state index is 12.6. The average Bonchev–Trinajstić information content (AvgIpc) is 2.94. The second kappa shape index (κ2) is 7.64. The molecule has 1 aliphatic carbocycles. The van der Waals surface area contributed by atoms with Crippen LogP contribution in [0.1, 0.15) is 63.0 Å². The Morgan fingerprint density at radius 1 is 1.21 bits per heavy atom. The van der Waals surface area contributed by atoms with Crippen molar-refractivity contribution in [2.24, 2.45) is 11.8 Å². The summed E-state index contributed by atoms with van der Waals surface area (Å²) in [5, 5.41) is 3.81. The molecule has 0 spiro atoms. The Hall–Kier alpha value is -1.42. The summed E-state index contributed by atoms with van der Waals surface area (Å²) >= 11 is 1.58. The number of hydrogen-bond donors (Lipinski definition) is 1. The van der Waals surface area contributed by atoms with Gasteiger partial charge in [-0.25, -0.2) is 4.98 Å². The minimum absolute atomic E-state index is 0.163. The van der Waals surface area contributed by atoms with E-state index in [2.05, 4.69) is 43.2 Å². The van der Waals surface area contributed by atoms with Gasteiger partial charge in [-0.15, -0.1) is 0 Å². The van der Waals surface area contributed by atoms with Crippen LogP contribution in [0, 0.1) is 25.7 Å². The van der Waals surface area contributed by atoms with Crippen LogP contribution in [-0.2, 0) is 4.79 Å². The maximum absolute atomic E-state index is 12.6. The van der Waals surface area contributed by atoms with Crippen LogP contribution >= 0.6 is 11.3 Å². The minimum atomic E-state index is 0.163. The molecule has 1 fully saturated rings. The SMILES string of the molecule is CCCCC1CCC(C(=O)Nc2nc3cc(C)c(C)cc3s2)CC1. The third-order valence-corrected chi connectivity index (χ3v) is 6.35. The number of unbranched alkanes of at least 4 members (excludes halogenated alkanes) is 1. The number of carbonyl (C=O) groups excluding carboxylic acids is 1. The van der Waals surface area contributed by atoms with Crippen molar-refractivity contribution in [3.05, 3.63) is 23.3 Å². The molecule has 0 radical (unpaired) electrons. The zero-order valence-corrected chi connectivity index (χ0v) is 15.8. The lowest BCUT2D eigenvalue weighted by Gasteiger charge is -2.27. The molecule has 3 nitrogen and oxygen atoms in total. The van der Waals surface area contributed by atoms with Crippen LogP contribution < -0.4 is 5.32 Å². The van der Waals surface area contributed by atoms with Gasteiger partial charge in [-0.05, 0) is 68.7 Å². The molecule has 1 N–H and O–H groups in total. The summed E-state index contributed by atoms with van der Waals surface area (Å²) in [5.74, 6) is 1.16. The molecule has 0 aliphatic heterocycles. The van der Waals surface area contributed by atoms with Crippen molar-refractivity contribution in [3.63, 3.8) is 0 Å². The fourth-order valence-electron chi connectivity index (χ4n) is 3.65. The molecule has 1 aromatic carbocycles. The molecule has 1 saturated carbocycles. The highest BCUT2D eigenvalue weighted by Crippen LogP contribution is 2.33. The normalized spacial score (nSPS) is 21.1. The van der Waals surface area contributed by atoms with Crippen molar-refractivity contribution >= 4 is 32.6 Å². The molecule has 2 aromatic rings. The number of thiazole rings is 1. The number of rotatable bonds is 5. The van der Waals surface area contributed by atoms with Gasteiger partial charge in [-0.2, -0.15) is 0 Å². The van der Waals surface area contributed by atoms with Crippen LogP contribution in [0.3, 0.4) is 0 Å². The van der Waals surface area contributed by atoms with Crippen molar-refractivity contribution in [1.29, 1.82) is 0 Å². The predicted molar refractivity (Wildman–Crippen MR) is 103 cm³/mol. The zero-order chi connectivity index (χ0) is 17.1. The van der Waals surface area contributed by atoms with Gasteiger partial charge < -0.3 is 5.32 Å². The van der Waals surface area contributed by atoms with Gasteiger partial charge in [-0.3, -0.25) is 4.79 Å². The number of nitrogens with zero attached hydrogens (tertiary/aromatic N) is 1. The number of carbonyl (C=O) groups is 1. The number of aromatic nitrogens is 1. The molecule has 1 aromatic heterocycles. The molecule has 24 heavy (non-hydrogen) atoms. The van der Waals surface area contributed by atoms with Crippen LogP contribution in [0.4, 0.5) is 5.13 Å². The average molecular weight is 345 g/mol. The third kappa shape index (κ3) is 3.97. The first-order valence-corrected chi connectivity index (χ1v) is 10.1. The van der Waals surface area contributed by atoms with Crippen LogP contribution in [0.25, 0.3) is 10.2 Å². The Kier molecular flexibility index (Phi) is 5.54. The Labute approximate surface area is 148 Å². The standard InChI is InChI=1S/C20H28N2OS/c1-4-5-6-15-7-9-16(10-8-15)19(23)22-20-21-17-11-13(2)14(3)12-18(17)24-20/h11-12,15-16H,4-10H2,1-3H3,(H,21,22,23). The van der Waals surface area contributed by atoms with Gasteiger partial charge in [0.15, 0.2) is 5.13 Å². The first-order chi connectivity index (χ1) is 11.6. The van der Waals surface area contributed by atoms with Gasteiger partial charge in [0.25, 0.3) is 0 Å². The molecule has 3 rings (SSSR count). The molecule has 4 heteroatoms. The minimum Gasteiger partial charge on any atom is -0.302 e. The highest BCUT2D eigenvalue weighted by Gasteiger charge is 2.26. The summed E-state index contributed by atoms with van der Waals surface area (Å²) in [6.07, 6.45) is 8.41. The summed E-state index contributed by atoms with van der Waals surface area (Å²) in [5.41, 5.74) is 3.51. The van der Waals surface area contributed by atoms with Crippen LogP contribution in [-0.4, -0.2) is 10.9 Å². The topological polar surface area (TPSA) is 42.0 Å². The molecule has 1 aliphatic rings. The van der Waals surface area contributed by atoms with Gasteiger partial charge in [0, 0.05) is 5.92 Å². The second-order valence-corrected chi connectivity index (χ2v) is 8.30.